The Morgan fingerprint density at radius 2 is 1.00 bits per heavy atom. The van der Waals surface area contributed by atoms with Crippen LogP contribution in [0.25, 0.3) is 0 Å². The minimum atomic E-state index is -0.639. The maximum absolute atomic E-state index is 11.6. The second-order valence-electron chi connectivity index (χ2n) is 3.41. The molecule has 0 aromatic heterocycles. The standard InChI is InChI=1S/C14H10O3.C2H6/c15-13(11-7-3-1-4-8-11)17-14(16)12-9-5-2-6-10-12;1-2/h1-10H;1-2H3. The molecule has 0 aliphatic carbocycles. The number of carbonyl (C=O) groups is 2. The van der Waals surface area contributed by atoms with Gasteiger partial charge in [0.25, 0.3) is 0 Å². The van der Waals surface area contributed by atoms with Gasteiger partial charge in [0.1, 0.15) is 0 Å². The number of rotatable bonds is 2. The van der Waals surface area contributed by atoms with Crippen LogP contribution in [0.2, 0.25) is 0 Å². The Kier molecular flexibility index (Phi) is 6.03. The largest absolute Gasteiger partial charge is 0.386 e. The third-order valence-electron chi connectivity index (χ3n) is 2.20. The van der Waals surface area contributed by atoms with Gasteiger partial charge in [-0.25, -0.2) is 9.59 Å². The van der Waals surface area contributed by atoms with E-state index in [1.165, 1.54) is 0 Å². The van der Waals surface area contributed by atoms with E-state index >= 15 is 0 Å². The summed E-state index contributed by atoms with van der Waals surface area (Å²) in [6, 6.07) is 16.8. The normalized spacial score (nSPS) is 8.95. The average molecular weight is 256 g/mol. The summed E-state index contributed by atoms with van der Waals surface area (Å²) in [5.74, 6) is -1.28. The van der Waals surface area contributed by atoms with Crippen LogP contribution < -0.4 is 0 Å². The molecule has 98 valence electrons. The molecule has 0 atom stereocenters. The molecule has 0 N–H and O–H groups in total. The van der Waals surface area contributed by atoms with Gasteiger partial charge in [-0.3, -0.25) is 0 Å². The fraction of sp³-hybridized carbons (Fsp3) is 0.125. The molecule has 0 heterocycles. The number of hydrogen-bond acceptors (Lipinski definition) is 3. The van der Waals surface area contributed by atoms with Gasteiger partial charge in [0.05, 0.1) is 11.1 Å². The van der Waals surface area contributed by atoms with Crippen molar-refractivity contribution in [2.45, 2.75) is 13.8 Å². The summed E-state index contributed by atoms with van der Waals surface area (Å²) in [4.78, 5) is 23.2. The number of ether oxygens (including phenoxy) is 1. The van der Waals surface area contributed by atoms with Crippen LogP contribution in [-0.2, 0) is 4.74 Å². The van der Waals surface area contributed by atoms with Gasteiger partial charge in [-0.1, -0.05) is 50.2 Å². The van der Waals surface area contributed by atoms with E-state index in [4.69, 9.17) is 4.74 Å². The summed E-state index contributed by atoms with van der Waals surface area (Å²) < 4.78 is 4.74. The first-order chi connectivity index (χ1) is 9.27. The van der Waals surface area contributed by atoms with Gasteiger partial charge < -0.3 is 4.74 Å². The maximum atomic E-state index is 11.6. The molecule has 19 heavy (non-hydrogen) atoms. The first kappa shape index (κ1) is 14.6. The molecule has 0 spiro atoms. The Labute approximate surface area is 112 Å². The predicted molar refractivity (Wildman–Crippen MR) is 74.0 cm³/mol. The second kappa shape index (κ2) is 7.82. The monoisotopic (exact) mass is 256 g/mol. The minimum absolute atomic E-state index is 0.358. The fourth-order valence-corrected chi connectivity index (χ4v) is 1.35. The molecule has 0 saturated carbocycles. The molecular formula is C16H16O3. The van der Waals surface area contributed by atoms with Crippen LogP contribution in [-0.4, -0.2) is 11.9 Å². The molecule has 0 radical (unpaired) electrons. The Morgan fingerprint density at radius 3 is 1.32 bits per heavy atom. The van der Waals surface area contributed by atoms with Crippen LogP contribution in [0, 0.1) is 0 Å². The molecule has 2 aromatic carbocycles. The second-order valence-corrected chi connectivity index (χ2v) is 3.41. The van der Waals surface area contributed by atoms with Gasteiger partial charge in [-0.2, -0.15) is 0 Å². The zero-order valence-electron chi connectivity index (χ0n) is 11.0. The molecule has 2 rings (SSSR count). The lowest BCUT2D eigenvalue weighted by Gasteiger charge is -2.02. The van der Waals surface area contributed by atoms with Gasteiger partial charge in [0.15, 0.2) is 0 Å². The SMILES string of the molecule is CC.O=C(OC(=O)c1ccccc1)c1ccccc1. The van der Waals surface area contributed by atoms with Crippen LogP contribution in [0.3, 0.4) is 0 Å². The molecule has 3 heteroatoms. The van der Waals surface area contributed by atoms with E-state index < -0.39 is 11.9 Å². The molecule has 0 saturated heterocycles. The molecule has 0 fully saturated rings. The summed E-state index contributed by atoms with van der Waals surface area (Å²) in [5.41, 5.74) is 0.716. The van der Waals surface area contributed by atoms with E-state index in [2.05, 4.69) is 0 Å². The Balaban J connectivity index is 0.000000861. The van der Waals surface area contributed by atoms with Crippen LogP contribution in [0.5, 0.6) is 0 Å². The van der Waals surface area contributed by atoms with E-state index in [0.29, 0.717) is 11.1 Å². The molecule has 2 aromatic rings. The lowest BCUT2D eigenvalue weighted by molar-refractivity contribution is 0.0398. The van der Waals surface area contributed by atoms with Gasteiger partial charge in [-0.05, 0) is 24.3 Å². The molecule has 0 aliphatic heterocycles. The molecule has 0 aliphatic rings. The van der Waals surface area contributed by atoms with Crippen molar-refractivity contribution >= 4 is 11.9 Å². The highest BCUT2D eigenvalue weighted by Gasteiger charge is 2.13. The molecule has 0 amide bonds. The highest BCUT2D eigenvalue weighted by atomic mass is 16.6. The molecule has 3 nitrogen and oxygen atoms in total. The van der Waals surface area contributed by atoms with E-state index in [0.717, 1.165) is 0 Å². The number of carbonyl (C=O) groups excluding carboxylic acids is 2. The van der Waals surface area contributed by atoms with Crippen LogP contribution in [0.15, 0.2) is 60.7 Å². The van der Waals surface area contributed by atoms with E-state index in [-0.39, 0.29) is 0 Å². The average Bonchev–Trinajstić information content (AvgIpc) is 2.51. The number of benzene rings is 2. The zero-order chi connectivity index (χ0) is 14.1. The van der Waals surface area contributed by atoms with Crippen molar-refractivity contribution in [3.8, 4) is 0 Å². The van der Waals surface area contributed by atoms with Crippen molar-refractivity contribution in [2.75, 3.05) is 0 Å². The number of esters is 2. The van der Waals surface area contributed by atoms with E-state index in [1.807, 2.05) is 13.8 Å². The maximum Gasteiger partial charge on any atom is 0.346 e. The highest BCUT2D eigenvalue weighted by Crippen LogP contribution is 2.05. The summed E-state index contributed by atoms with van der Waals surface area (Å²) in [5, 5.41) is 0. The van der Waals surface area contributed by atoms with Gasteiger partial charge in [0.2, 0.25) is 0 Å². The molecular weight excluding hydrogens is 240 g/mol. The summed E-state index contributed by atoms with van der Waals surface area (Å²) in [6.45, 7) is 4.00. The van der Waals surface area contributed by atoms with Crippen LogP contribution in [0.4, 0.5) is 0 Å². The third-order valence-corrected chi connectivity index (χ3v) is 2.20. The third kappa shape index (κ3) is 4.39. The van der Waals surface area contributed by atoms with Gasteiger partial charge in [-0.15, -0.1) is 0 Å². The Hall–Kier alpha value is -2.42. The van der Waals surface area contributed by atoms with Crippen molar-refractivity contribution in [3.63, 3.8) is 0 Å². The van der Waals surface area contributed by atoms with Gasteiger partial charge >= 0.3 is 11.9 Å². The van der Waals surface area contributed by atoms with E-state index in [9.17, 15) is 9.59 Å². The quantitative estimate of drug-likeness (QED) is 0.607. The van der Waals surface area contributed by atoms with Crippen molar-refractivity contribution < 1.29 is 14.3 Å². The highest BCUT2D eigenvalue weighted by molar-refractivity contribution is 6.02. The van der Waals surface area contributed by atoms with Crippen LogP contribution >= 0.6 is 0 Å². The lowest BCUT2D eigenvalue weighted by atomic mass is 10.2. The molecule has 0 unspecified atom stereocenters. The first-order valence-electron chi connectivity index (χ1n) is 6.14. The topological polar surface area (TPSA) is 43.4 Å². The van der Waals surface area contributed by atoms with E-state index in [1.54, 1.807) is 60.7 Å². The summed E-state index contributed by atoms with van der Waals surface area (Å²) in [7, 11) is 0. The summed E-state index contributed by atoms with van der Waals surface area (Å²) >= 11 is 0. The van der Waals surface area contributed by atoms with Crippen molar-refractivity contribution in [2.24, 2.45) is 0 Å². The fourth-order valence-electron chi connectivity index (χ4n) is 1.35. The Bertz CT molecular complexity index is 469. The van der Waals surface area contributed by atoms with Crippen molar-refractivity contribution in [1.82, 2.24) is 0 Å². The van der Waals surface area contributed by atoms with Gasteiger partial charge in [0, 0.05) is 0 Å². The smallest absolute Gasteiger partial charge is 0.346 e. The predicted octanol–water partition coefficient (Wildman–Crippen LogP) is 3.71. The Morgan fingerprint density at radius 1 is 0.684 bits per heavy atom. The van der Waals surface area contributed by atoms with Crippen molar-refractivity contribution in [1.29, 1.82) is 0 Å². The first-order valence-corrected chi connectivity index (χ1v) is 6.14. The van der Waals surface area contributed by atoms with Crippen molar-refractivity contribution in [3.05, 3.63) is 71.8 Å². The number of hydrogen-bond donors (Lipinski definition) is 0. The van der Waals surface area contributed by atoms with Crippen LogP contribution in [0.1, 0.15) is 34.6 Å². The lowest BCUT2D eigenvalue weighted by Crippen LogP contribution is -2.12. The zero-order valence-corrected chi connectivity index (χ0v) is 11.0. The summed E-state index contributed by atoms with van der Waals surface area (Å²) in [6.07, 6.45) is 0. The minimum Gasteiger partial charge on any atom is -0.386 e. The molecule has 0 bridgehead atoms.